The number of fused-ring (bicyclic) bond motifs is 1. The van der Waals surface area contributed by atoms with Gasteiger partial charge < -0.3 is 9.84 Å². The third-order valence-corrected chi connectivity index (χ3v) is 4.22. The molecule has 2 nitrogen and oxygen atoms in total. The Hall–Kier alpha value is -0.540. The van der Waals surface area contributed by atoms with E-state index < -0.39 is 11.7 Å². The summed E-state index contributed by atoms with van der Waals surface area (Å²) in [5.74, 6) is 0.811. The molecule has 0 radical (unpaired) electrons. The van der Waals surface area contributed by atoms with Crippen LogP contribution < -0.4 is 4.74 Å². The van der Waals surface area contributed by atoms with Gasteiger partial charge in [-0.3, -0.25) is 0 Å². The lowest BCUT2D eigenvalue weighted by Crippen LogP contribution is -2.30. The van der Waals surface area contributed by atoms with Crippen molar-refractivity contribution in [2.75, 3.05) is 0 Å². The van der Waals surface area contributed by atoms with Gasteiger partial charge in [0.1, 0.15) is 17.5 Å². The predicted octanol–water partition coefficient (Wildman–Crippen LogP) is 3.27. The lowest BCUT2D eigenvalue weighted by Gasteiger charge is -2.21. The number of rotatable bonds is 0. The molecule has 0 fully saturated rings. The van der Waals surface area contributed by atoms with Gasteiger partial charge in [-0.05, 0) is 44.9 Å². The van der Waals surface area contributed by atoms with Gasteiger partial charge in [0, 0.05) is 10.0 Å². The maximum absolute atomic E-state index is 10.2. The SMILES string of the molecule is Cc1cc2c(c(C)c1Br)C(O)C(C)(C)O2. The number of aryl methyl sites for hydroxylation is 1. The van der Waals surface area contributed by atoms with Gasteiger partial charge in [0.15, 0.2) is 0 Å². The first-order chi connectivity index (χ1) is 6.84. The maximum atomic E-state index is 10.2. The van der Waals surface area contributed by atoms with Crippen molar-refractivity contribution in [1.29, 1.82) is 0 Å². The topological polar surface area (TPSA) is 29.5 Å². The molecular formula is C12H15BrO2. The van der Waals surface area contributed by atoms with Crippen LogP contribution in [0.25, 0.3) is 0 Å². The molecule has 3 heteroatoms. The van der Waals surface area contributed by atoms with E-state index in [-0.39, 0.29) is 0 Å². The second kappa shape index (κ2) is 3.22. The zero-order valence-corrected chi connectivity index (χ0v) is 11.0. The van der Waals surface area contributed by atoms with Crippen LogP contribution >= 0.6 is 15.9 Å². The number of halogens is 1. The molecule has 1 aliphatic heterocycles. The minimum Gasteiger partial charge on any atom is -0.484 e. The maximum Gasteiger partial charge on any atom is 0.133 e. The number of hydrogen-bond acceptors (Lipinski definition) is 2. The molecule has 82 valence electrons. The van der Waals surface area contributed by atoms with Crippen molar-refractivity contribution in [2.24, 2.45) is 0 Å². The number of ether oxygens (including phenoxy) is 1. The van der Waals surface area contributed by atoms with Crippen molar-refractivity contribution in [2.45, 2.75) is 39.4 Å². The summed E-state index contributed by atoms with van der Waals surface area (Å²) in [6, 6.07) is 1.98. The van der Waals surface area contributed by atoms with Gasteiger partial charge in [0.25, 0.3) is 0 Å². The van der Waals surface area contributed by atoms with Crippen molar-refractivity contribution in [3.63, 3.8) is 0 Å². The summed E-state index contributed by atoms with van der Waals surface area (Å²) in [6.45, 7) is 7.84. The number of hydrogen-bond donors (Lipinski definition) is 1. The van der Waals surface area contributed by atoms with Crippen molar-refractivity contribution in [3.05, 3.63) is 27.2 Å². The van der Waals surface area contributed by atoms with E-state index >= 15 is 0 Å². The lowest BCUT2D eigenvalue weighted by atomic mass is 9.94. The van der Waals surface area contributed by atoms with E-state index in [1.807, 2.05) is 33.8 Å². The quantitative estimate of drug-likeness (QED) is 0.784. The number of aliphatic hydroxyl groups excluding tert-OH is 1. The molecule has 0 aliphatic carbocycles. The van der Waals surface area contributed by atoms with Crippen LogP contribution in [-0.4, -0.2) is 10.7 Å². The summed E-state index contributed by atoms with van der Waals surface area (Å²) < 4.78 is 6.81. The van der Waals surface area contributed by atoms with Crippen LogP contribution in [0.4, 0.5) is 0 Å². The molecule has 15 heavy (non-hydrogen) atoms. The van der Waals surface area contributed by atoms with Crippen molar-refractivity contribution < 1.29 is 9.84 Å². The molecule has 1 heterocycles. The highest BCUT2D eigenvalue weighted by Crippen LogP contribution is 2.47. The minimum atomic E-state index is -0.551. The molecule has 1 aromatic carbocycles. The van der Waals surface area contributed by atoms with E-state index in [4.69, 9.17) is 4.74 Å². The fraction of sp³-hybridized carbons (Fsp3) is 0.500. The molecule has 0 bridgehead atoms. The molecule has 1 aromatic rings. The fourth-order valence-electron chi connectivity index (χ4n) is 2.05. The van der Waals surface area contributed by atoms with Crippen LogP contribution in [-0.2, 0) is 0 Å². The molecule has 1 N–H and O–H groups in total. The summed E-state index contributed by atoms with van der Waals surface area (Å²) in [4.78, 5) is 0. The summed E-state index contributed by atoms with van der Waals surface area (Å²) in [6.07, 6.45) is -0.551. The zero-order valence-electron chi connectivity index (χ0n) is 9.39. The Morgan fingerprint density at radius 1 is 1.40 bits per heavy atom. The molecule has 1 atom stereocenters. The van der Waals surface area contributed by atoms with Crippen LogP contribution in [0.1, 0.15) is 36.6 Å². The highest BCUT2D eigenvalue weighted by Gasteiger charge is 2.41. The molecular weight excluding hydrogens is 256 g/mol. The van der Waals surface area contributed by atoms with E-state index in [0.29, 0.717) is 0 Å². The molecule has 1 unspecified atom stereocenters. The third-order valence-electron chi connectivity index (χ3n) is 3.00. The highest BCUT2D eigenvalue weighted by molar-refractivity contribution is 9.10. The van der Waals surface area contributed by atoms with Crippen molar-refractivity contribution in [3.8, 4) is 5.75 Å². The molecule has 0 saturated carbocycles. The van der Waals surface area contributed by atoms with Crippen LogP contribution in [0, 0.1) is 13.8 Å². The Bertz CT molecular complexity index is 424. The smallest absolute Gasteiger partial charge is 0.133 e. The largest absolute Gasteiger partial charge is 0.484 e. The van der Waals surface area contributed by atoms with Gasteiger partial charge >= 0.3 is 0 Å². The van der Waals surface area contributed by atoms with E-state index in [2.05, 4.69) is 15.9 Å². The van der Waals surface area contributed by atoms with Gasteiger partial charge in [0.2, 0.25) is 0 Å². The highest BCUT2D eigenvalue weighted by atomic mass is 79.9. The summed E-state index contributed by atoms with van der Waals surface area (Å²) >= 11 is 3.53. The standard InChI is InChI=1S/C12H15BrO2/c1-6-5-8-9(7(2)10(6)13)11(14)12(3,4)15-8/h5,11,14H,1-4H3. The van der Waals surface area contributed by atoms with Gasteiger partial charge in [0.05, 0.1) is 0 Å². The minimum absolute atomic E-state index is 0.527. The molecule has 1 aliphatic rings. The van der Waals surface area contributed by atoms with E-state index in [1.54, 1.807) is 0 Å². The van der Waals surface area contributed by atoms with Gasteiger partial charge in [-0.25, -0.2) is 0 Å². The van der Waals surface area contributed by atoms with Crippen LogP contribution in [0.5, 0.6) is 5.75 Å². The summed E-state index contributed by atoms with van der Waals surface area (Å²) in [7, 11) is 0. The average molecular weight is 271 g/mol. The van der Waals surface area contributed by atoms with Crippen LogP contribution in [0.2, 0.25) is 0 Å². The number of benzene rings is 1. The first-order valence-corrected chi connectivity index (χ1v) is 5.80. The third kappa shape index (κ3) is 1.49. The normalized spacial score (nSPS) is 22.4. The Kier molecular flexibility index (Phi) is 2.36. The molecule has 0 spiro atoms. The summed E-state index contributed by atoms with van der Waals surface area (Å²) in [5, 5.41) is 10.2. The first kappa shape index (κ1) is 11.0. The fourth-order valence-corrected chi connectivity index (χ4v) is 2.38. The lowest BCUT2D eigenvalue weighted by molar-refractivity contribution is 0.000367. The zero-order chi connectivity index (χ0) is 11.4. The average Bonchev–Trinajstić information content (AvgIpc) is 2.34. The molecule has 0 aromatic heterocycles. The van der Waals surface area contributed by atoms with E-state index in [1.165, 1.54) is 0 Å². The Balaban J connectivity index is 2.66. The molecule has 0 saturated heterocycles. The second-order valence-electron chi connectivity index (χ2n) is 4.65. The Morgan fingerprint density at radius 3 is 2.60 bits per heavy atom. The monoisotopic (exact) mass is 270 g/mol. The molecule has 0 amide bonds. The van der Waals surface area contributed by atoms with E-state index in [0.717, 1.165) is 26.9 Å². The van der Waals surface area contributed by atoms with Gasteiger partial charge in [-0.15, -0.1) is 0 Å². The van der Waals surface area contributed by atoms with Gasteiger partial charge in [-0.1, -0.05) is 15.9 Å². The Morgan fingerprint density at radius 2 is 2.00 bits per heavy atom. The van der Waals surface area contributed by atoms with Crippen molar-refractivity contribution >= 4 is 15.9 Å². The Labute approximate surface area is 98.4 Å². The van der Waals surface area contributed by atoms with Gasteiger partial charge in [-0.2, -0.15) is 0 Å². The predicted molar refractivity (Wildman–Crippen MR) is 63.3 cm³/mol. The van der Waals surface area contributed by atoms with Crippen molar-refractivity contribution in [1.82, 2.24) is 0 Å². The first-order valence-electron chi connectivity index (χ1n) is 5.01. The van der Waals surface area contributed by atoms with E-state index in [9.17, 15) is 5.11 Å². The van der Waals surface area contributed by atoms with Crippen LogP contribution in [0.15, 0.2) is 10.5 Å². The molecule has 2 rings (SSSR count). The number of aliphatic hydroxyl groups is 1. The van der Waals surface area contributed by atoms with Crippen LogP contribution in [0.3, 0.4) is 0 Å². The summed E-state index contributed by atoms with van der Waals surface area (Å²) in [5.41, 5.74) is 2.59. The second-order valence-corrected chi connectivity index (χ2v) is 5.45.